The molecule has 156 valence electrons. The summed E-state index contributed by atoms with van der Waals surface area (Å²) in [6.07, 6.45) is 5.29. The minimum atomic E-state index is 0.000316. The largest absolute Gasteiger partial charge is 0.493 e. The molecule has 1 N–H and O–H groups in total. The molecule has 1 aliphatic rings. The highest BCUT2D eigenvalue weighted by atomic mass is 16.5. The number of hydrogen-bond acceptors (Lipinski definition) is 6. The number of amides is 1. The molecule has 0 aliphatic carbocycles. The van der Waals surface area contributed by atoms with Gasteiger partial charge in [0.1, 0.15) is 17.3 Å². The van der Waals surface area contributed by atoms with Crippen LogP contribution in [0.15, 0.2) is 24.3 Å². The zero-order chi connectivity index (χ0) is 20.6. The fraction of sp³-hybridized carbons (Fsp3) is 0.500. The van der Waals surface area contributed by atoms with Crippen molar-refractivity contribution in [1.82, 2.24) is 14.9 Å². The van der Waals surface area contributed by atoms with E-state index in [0.29, 0.717) is 35.4 Å². The van der Waals surface area contributed by atoms with Gasteiger partial charge < -0.3 is 19.7 Å². The fourth-order valence-electron chi connectivity index (χ4n) is 3.57. The lowest BCUT2D eigenvalue weighted by Crippen LogP contribution is -2.32. The number of likely N-dealkylation sites (tertiary alicyclic amines) is 1. The van der Waals surface area contributed by atoms with Gasteiger partial charge in [-0.2, -0.15) is 0 Å². The SMILES string of the molecule is COc1ccc(CCNc2cc(C(=O)N3CCCCCC3)nc(C)n2)cc1OC. The minimum Gasteiger partial charge on any atom is -0.493 e. The highest BCUT2D eigenvalue weighted by Gasteiger charge is 2.19. The van der Waals surface area contributed by atoms with E-state index in [1.807, 2.05) is 30.0 Å². The van der Waals surface area contributed by atoms with Crippen LogP contribution in [0.4, 0.5) is 5.82 Å². The number of benzene rings is 1. The first-order valence-corrected chi connectivity index (χ1v) is 10.2. The van der Waals surface area contributed by atoms with E-state index < -0.39 is 0 Å². The van der Waals surface area contributed by atoms with Gasteiger partial charge in [-0.3, -0.25) is 4.79 Å². The number of hydrogen-bond donors (Lipinski definition) is 1. The third-order valence-corrected chi connectivity index (χ3v) is 5.12. The smallest absolute Gasteiger partial charge is 0.272 e. The van der Waals surface area contributed by atoms with Crippen molar-refractivity contribution in [3.63, 3.8) is 0 Å². The molecule has 29 heavy (non-hydrogen) atoms. The monoisotopic (exact) mass is 398 g/mol. The molecular weight excluding hydrogens is 368 g/mol. The first-order valence-electron chi connectivity index (χ1n) is 10.2. The summed E-state index contributed by atoms with van der Waals surface area (Å²) >= 11 is 0. The molecule has 0 spiro atoms. The zero-order valence-electron chi connectivity index (χ0n) is 17.5. The Morgan fingerprint density at radius 2 is 1.76 bits per heavy atom. The van der Waals surface area contributed by atoms with Gasteiger partial charge in [0.05, 0.1) is 14.2 Å². The van der Waals surface area contributed by atoms with Gasteiger partial charge in [-0.15, -0.1) is 0 Å². The Kier molecular flexibility index (Phi) is 7.27. The van der Waals surface area contributed by atoms with E-state index in [1.54, 1.807) is 20.3 Å². The van der Waals surface area contributed by atoms with Gasteiger partial charge in [0.15, 0.2) is 11.5 Å². The lowest BCUT2D eigenvalue weighted by Gasteiger charge is -2.20. The molecule has 7 heteroatoms. The van der Waals surface area contributed by atoms with Crippen LogP contribution in [0.3, 0.4) is 0 Å². The van der Waals surface area contributed by atoms with Gasteiger partial charge in [0.25, 0.3) is 5.91 Å². The average molecular weight is 399 g/mol. The summed E-state index contributed by atoms with van der Waals surface area (Å²) in [7, 11) is 3.26. The van der Waals surface area contributed by atoms with E-state index >= 15 is 0 Å². The highest BCUT2D eigenvalue weighted by Crippen LogP contribution is 2.27. The van der Waals surface area contributed by atoms with Gasteiger partial charge >= 0.3 is 0 Å². The van der Waals surface area contributed by atoms with Crippen LogP contribution in [0.2, 0.25) is 0 Å². The molecule has 0 atom stereocenters. The van der Waals surface area contributed by atoms with Crippen molar-refractivity contribution < 1.29 is 14.3 Å². The molecule has 1 aromatic heterocycles. The molecule has 0 radical (unpaired) electrons. The quantitative estimate of drug-likeness (QED) is 0.770. The number of ether oxygens (including phenoxy) is 2. The first kappa shape index (κ1) is 20.9. The topological polar surface area (TPSA) is 76.6 Å². The number of carbonyl (C=O) groups excluding carboxylic acids is 1. The number of rotatable bonds is 7. The summed E-state index contributed by atoms with van der Waals surface area (Å²) in [6.45, 7) is 4.12. The average Bonchev–Trinajstić information content (AvgIpc) is 3.02. The minimum absolute atomic E-state index is 0.000316. The van der Waals surface area contributed by atoms with Crippen molar-refractivity contribution in [1.29, 1.82) is 0 Å². The van der Waals surface area contributed by atoms with Crippen LogP contribution in [0.5, 0.6) is 11.5 Å². The van der Waals surface area contributed by atoms with Crippen LogP contribution in [0.25, 0.3) is 0 Å². The highest BCUT2D eigenvalue weighted by molar-refractivity contribution is 5.93. The lowest BCUT2D eigenvalue weighted by molar-refractivity contribution is 0.0755. The van der Waals surface area contributed by atoms with Crippen LogP contribution >= 0.6 is 0 Å². The Morgan fingerprint density at radius 1 is 1.03 bits per heavy atom. The van der Waals surface area contributed by atoms with Crippen LogP contribution in [-0.4, -0.2) is 54.6 Å². The molecular formula is C22H30N4O3. The molecule has 2 heterocycles. The van der Waals surface area contributed by atoms with Crippen molar-refractivity contribution in [2.24, 2.45) is 0 Å². The van der Waals surface area contributed by atoms with Gasteiger partial charge in [0, 0.05) is 25.7 Å². The zero-order valence-corrected chi connectivity index (χ0v) is 17.5. The lowest BCUT2D eigenvalue weighted by atomic mass is 10.1. The van der Waals surface area contributed by atoms with Crippen molar-refractivity contribution in [2.75, 3.05) is 39.2 Å². The maximum atomic E-state index is 12.9. The summed E-state index contributed by atoms with van der Waals surface area (Å²) < 4.78 is 10.6. The number of carbonyl (C=O) groups is 1. The van der Waals surface area contributed by atoms with E-state index in [9.17, 15) is 4.79 Å². The molecule has 3 rings (SSSR count). The molecule has 1 fully saturated rings. The molecule has 2 aromatic rings. The Morgan fingerprint density at radius 3 is 2.45 bits per heavy atom. The molecule has 1 aromatic carbocycles. The number of anilines is 1. The molecule has 1 aliphatic heterocycles. The number of methoxy groups -OCH3 is 2. The van der Waals surface area contributed by atoms with Crippen molar-refractivity contribution >= 4 is 11.7 Å². The van der Waals surface area contributed by atoms with Crippen LogP contribution in [0.1, 0.15) is 47.6 Å². The van der Waals surface area contributed by atoms with Gasteiger partial charge in [-0.1, -0.05) is 18.9 Å². The first-order chi connectivity index (χ1) is 14.1. The van der Waals surface area contributed by atoms with E-state index in [1.165, 1.54) is 12.8 Å². The normalized spacial score (nSPS) is 14.2. The summed E-state index contributed by atoms with van der Waals surface area (Å²) in [6, 6.07) is 7.65. The number of aryl methyl sites for hydroxylation is 1. The molecule has 0 unspecified atom stereocenters. The van der Waals surface area contributed by atoms with Crippen LogP contribution in [0, 0.1) is 6.92 Å². The fourth-order valence-corrected chi connectivity index (χ4v) is 3.57. The standard InChI is InChI=1S/C22H30N4O3/c1-16-24-18(22(27)26-12-6-4-5-7-13-26)15-21(25-16)23-11-10-17-8-9-19(28-2)20(14-17)29-3/h8-9,14-15H,4-7,10-13H2,1-3H3,(H,23,24,25). The third-order valence-electron chi connectivity index (χ3n) is 5.12. The molecule has 0 bridgehead atoms. The molecule has 1 amide bonds. The maximum absolute atomic E-state index is 12.9. The molecule has 7 nitrogen and oxygen atoms in total. The van der Waals surface area contributed by atoms with E-state index in [0.717, 1.165) is 37.9 Å². The van der Waals surface area contributed by atoms with Gasteiger partial charge in [0.2, 0.25) is 0 Å². The summed E-state index contributed by atoms with van der Waals surface area (Å²) in [5.41, 5.74) is 1.59. The number of nitrogens with one attached hydrogen (secondary N) is 1. The molecule has 0 saturated carbocycles. The Hall–Kier alpha value is -2.83. The summed E-state index contributed by atoms with van der Waals surface area (Å²) in [5.74, 6) is 2.70. The van der Waals surface area contributed by atoms with Gasteiger partial charge in [-0.25, -0.2) is 9.97 Å². The van der Waals surface area contributed by atoms with Crippen molar-refractivity contribution in [2.45, 2.75) is 39.0 Å². The Labute approximate surface area is 172 Å². The van der Waals surface area contributed by atoms with Gasteiger partial charge in [-0.05, 0) is 43.9 Å². The second-order valence-electron chi connectivity index (χ2n) is 7.26. The number of aromatic nitrogens is 2. The van der Waals surface area contributed by atoms with Crippen LogP contribution < -0.4 is 14.8 Å². The molecule has 1 saturated heterocycles. The second kappa shape index (κ2) is 10.1. The van der Waals surface area contributed by atoms with Crippen molar-refractivity contribution in [3.05, 3.63) is 41.3 Å². The van der Waals surface area contributed by atoms with E-state index in [2.05, 4.69) is 15.3 Å². The predicted octanol–water partition coefficient (Wildman–Crippen LogP) is 3.47. The second-order valence-corrected chi connectivity index (χ2v) is 7.26. The van der Waals surface area contributed by atoms with Crippen LogP contribution in [-0.2, 0) is 6.42 Å². The van der Waals surface area contributed by atoms with E-state index in [-0.39, 0.29) is 5.91 Å². The third kappa shape index (κ3) is 5.59. The Balaban J connectivity index is 1.63. The maximum Gasteiger partial charge on any atom is 0.272 e. The van der Waals surface area contributed by atoms with E-state index in [4.69, 9.17) is 9.47 Å². The summed E-state index contributed by atoms with van der Waals surface area (Å²) in [5, 5.41) is 3.32. The number of nitrogens with zero attached hydrogens (tertiary/aromatic N) is 3. The predicted molar refractivity (Wildman–Crippen MR) is 113 cm³/mol. The Bertz CT molecular complexity index is 833. The summed E-state index contributed by atoms with van der Waals surface area (Å²) in [4.78, 5) is 23.6. The van der Waals surface area contributed by atoms with Crippen molar-refractivity contribution in [3.8, 4) is 11.5 Å².